The Bertz CT molecular complexity index is 572. The monoisotopic (exact) mass is 332 g/mol. The van der Waals surface area contributed by atoms with Gasteiger partial charge in [-0.05, 0) is 25.0 Å². The summed E-state index contributed by atoms with van der Waals surface area (Å²) in [6.07, 6.45) is 3.13. The quantitative estimate of drug-likeness (QED) is 0.814. The minimum atomic E-state index is -0.340. The number of ether oxygens (including phenoxy) is 1. The average molecular weight is 332 g/mol. The van der Waals surface area contributed by atoms with E-state index in [1.165, 1.54) is 7.11 Å². The van der Waals surface area contributed by atoms with Gasteiger partial charge in [-0.3, -0.25) is 4.79 Å². The molecule has 7 nitrogen and oxygen atoms in total. The van der Waals surface area contributed by atoms with Gasteiger partial charge in [-0.15, -0.1) is 0 Å². The fourth-order valence-corrected chi connectivity index (χ4v) is 3.43. The van der Waals surface area contributed by atoms with Crippen molar-refractivity contribution in [3.05, 3.63) is 24.4 Å². The number of hydrogen-bond donors (Lipinski definition) is 0. The molecule has 3 heterocycles. The number of piperidine rings is 1. The van der Waals surface area contributed by atoms with Crippen molar-refractivity contribution in [1.29, 1.82) is 0 Å². The molecule has 2 aliphatic rings. The molecule has 1 aromatic heterocycles. The molecule has 3 rings (SSSR count). The zero-order chi connectivity index (χ0) is 16.9. The molecule has 24 heavy (non-hydrogen) atoms. The third-order valence-electron chi connectivity index (χ3n) is 4.77. The van der Waals surface area contributed by atoms with Gasteiger partial charge in [0.1, 0.15) is 5.82 Å². The number of anilines is 1. The minimum absolute atomic E-state index is 0.112. The number of carbonyl (C=O) groups is 2. The van der Waals surface area contributed by atoms with Crippen LogP contribution in [0.5, 0.6) is 0 Å². The smallest absolute Gasteiger partial charge is 0.409 e. The molecule has 0 aliphatic carbocycles. The van der Waals surface area contributed by atoms with Crippen LogP contribution in [-0.2, 0) is 9.53 Å². The molecule has 0 spiro atoms. The number of methoxy groups -OCH3 is 1. The third-order valence-corrected chi connectivity index (χ3v) is 4.77. The molecular formula is C17H24N4O3. The molecular weight excluding hydrogens is 308 g/mol. The van der Waals surface area contributed by atoms with Crippen molar-refractivity contribution in [2.24, 2.45) is 5.92 Å². The van der Waals surface area contributed by atoms with Crippen molar-refractivity contribution in [1.82, 2.24) is 14.8 Å². The summed E-state index contributed by atoms with van der Waals surface area (Å²) in [5.74, 6) is 1.00. The van der Waals surface area contributed by atoms with Gasteiger partial charge in [0.25, 0.3) is 0 Å². The van der Waals surface area contributed by atoms with E-state index in [4.69, 9.17) is 4.74 Å². The zero-order valence-electron chi connectivity index (χ0n) is 14.1. The van der Waals surface area contributed by atoms with E-state index < -0.39 is 0 Å². The van der Waals surface area contributed by atoms with Crippen molar-refractivity contribution in [2.45, 2.75) is 12.8 Å². The highest BCUT2D eigenvalue weighted by atomic mass is 16.5. The highest BCUT2D eigenvalue weighted by molar-refractivity contribution is 5.80. The molecule has 2 saturated heterocycles. The standard InChI is InChI=1S/C17H24N4O3/c1-24-17(23)21-8-4-5-14(13-21)16(22)20-11-9-19(10-12-20)15-6-2-3-7-18-15/h2-3,6-7,14H,4-5,8-13H2,1H3. The minimum Gasteiger partial charge on any atom is -0.453 e. The molecule has 0 aromatic carbocycles. The van der Waals surface area contributed by atoms with Crippen LogP contribution in [0, 0.1) is 5.92 Å². The Labute approximate surface area is 142 Å². The fraction of sp³-hybridized carbons (Fsp3) is 0.588. The third kappa shape index (κ3) is 3.60. The number of carbonyl (C=O) groups excluding carboxylic acids is 2. The van der Waals surface area contributed by atoms with Crippen LogP contribution in [-0.4, -0.2) is 73.2 Å². The second kappa shape index (κ2) is 7.51. The number of amides is 2. The van der Waals surface area contributed by atoms with Gasteiger partial charge in [0.2, 0.25) is 5.91 Å². The van der Waals surface area contributed by atoms with Crippen LogP contribution in [0.1, 0.15) is 12.8 Å². The summed E-state index contributed by atoms with van der Waals surface area (Å²) in [6, 6.07) is 5.87. The van der Waals surface area contributed by atoms with Crippen LogP contribution in [0.4, 0.5) is 10.6 Å². The van der Waals surface area contributed by atoms with Gasteiger partial charge < -0.3 is 19.4 Å². The van der Waals surface area contributed by atoms with Crippen LogP contribution >= 0.6 is 0 Å². The molecule has 0 bridgehead atoms. The van der Waals surface area contributed by atoms with Crippen molar-refractivity contribution in [3.8, 4) is 0 Å². The normalized spacial score (nSPS) is 21.5. The Hall–Kier alpha value is -2.31. The Morgan fingerprint density at radius 3 is 2.58 bits per heavy atom. The maximum absolute atomic E-state index is 12.8. The average Bonchev–Trinajstić information content (AvgIpc) is 2.67. The summed E-state index contributed by atoms with van der Waals surface area (Å²) in [7, 11) is 1.38. The highest BCUT2D eigenvalue weighted by Crippen LogP contribution is 2.21. The molecule has 2 amide bonds. The van der Waals surface area contributed by atoms with Gasteiger partial charge in [-0.1, -0.05) is 6.07 Å². The Balaban J connectivity index is 1.54. The van der Waals surface area contributed by atoms with Crippen LogP contribution in [0.25, 0.3) is 0 Å². The van der Waals surface area contributed by atoms with Crippen molar-refractivity contribution >= 4 is 17.8 Å². The number of nitrogens with zero attached hydrogens (tertiary/aromatic N) is 4. The molecule has 7 heteroatoms. The summed E-state index contributed by atoms with van der Waals surface area (Å²) in [5, 5.41) is 0. The van der Waals surface area contributed by atoms with E-state index in [9.17, 15) is 9.59 Å². The Morgan fingerprint density at radius 2 is 1.92 bits per heavy atom. The molecule has 1 atom stereocenters. The lowest BCUT2D eigenvalue weighted by molar-refractivity contribution is -0.137. The second-order valence-corrected chi connectivity index (χ2v) is 6.26. The predicted molar refractivity (Wildman–Crippen MR) is 89.7 cm³/mol. The molecule has 0 N–H and O–H groups in total. The number of piperazine rings is 1. The molecule has 2 fully saturated rings. The summed E-state index contributed by atoms with van der Waals surface area (Å²) < 4.78 is 4.77. The van der Waals surface area contributed by atoms with E-state index in [-0.39, 0.29) is 17.9 Å². The van der Waals surface area contributed by atoms with Gasteiger partial charge in [0, 0.05) is 45.5 Å². The number of hydrogen-bond acceptors (Lipinski definition) is 5. The summed E-state index contributed by atoms with van der Waals surface area (Å²) in [4.78, 5) is 34.6. The van der Waals surface area contributed by atoms with Crippen LogP contribution in [0.3, 0.4) is 0 Å². The van der Waals surface area contributed by atoms with E-state index in [0.29, 0.717) is 26.2 Å². The molecule has 1 unspecified atom stereocenters. The van der Waals surface area contributed by atoms with Crippen LogP contribution in [0.15, 0.2) is 24.4 Å². The van der Waals surface area contributed by atoms with Gasteiger partial charge >= 0.3 is 6.09 Å². The molecule has 0 saturated carbocycles. The first-order valence-electron chi connectivity index (χ1n) is 8.46. The fourth-order valence-electron chi connectivity index (χ4n) is 3.43. The predicted octanol–water partition coefficient (Wildman–Crippen LogP) is 1.21. The lowest BCUT2D eigenvalue weighted by Gasteiger charge is -2.39. The van der Waals surface area contributed by atoms with Gasteiger partial charge in [0.05, 0.1) is 13.0 Å². The first kappa shape index (κ1) is 16.5. The Kier molecular flexibility index (Phi) is 5.17. The lowest BCUT2D eigenvalue weighted by Crippen LogP contribution is -2.53. The largest absolute Gasteiger partial charge is 0.453 e. The van der Waals surface area contributed by atoms with Gasteiger partial charge in [-0.25, -0.2) is 9.78 Å². The maximum atomic E-state index is 12.8. The first-order valence-corrected chi connectivity index (χ1v) is 8.46. The topological polar surface area (TPSA) is 66.0 Å². The van der Waals surface area contributed by atoms with Gasteiger partial charge in [0.15, 0.2) is 0 Å². The molecule has 1 aromatic rings. The lowest BCUT2D eigenvalue weighted by atomic mass is 9.96. The van der Waals surface area contributed by atoms with E-state index in [1.807, 2.05) is 23.1 Å². The van der Waals surface area contributed by atoms with E-state index in [2.05, 4.69) is 9.88 Å². The SMILES string of the molecule is COC(=O)N1CCCC(C(=O)N2CCN(c3ccccn3)CC2)C1. The van der Waals surface area contributed by atoms with Crippen LogP contribution < -0.4 is 4.90 Å². The number of likely N-dealkylation sites (tertiary alicyclic amines) is 1. The van der Waals surface area contributed by atoms with E-state index in [1.54, 1.807) is 11.1 Å². The van der Waals surface area contributed by atoms with Crippen molar-refractivity contribution < 1.29 is 14.3 Å². The van der Waals surface area contributed by atoms with E-state index in [0.717, 1.165) is 31.7 Å². The van der Waals surface area contributed by atoms with Crippen LogP contribution in [0.2, 0.25) is 0 Å². The first-order chi connectivity index (χ1) is 11.7. The summed E-state index contributed by atoms with van der Waals surface area (Å²) in [5.41, 5.74) is 0. The number of aromatic nitrogens is 1. The van der Waals surface area contributed by atoms with Crippen molar-refractivity contribution in [2.75, 3.05) is 51.3 Å². The second-order valence-electron chi connectivity index (χ2n) is 6.26. The van der Waals surface area contributed by atoms with Crippen molar-refractivity contribution in [3.63, 3.8) is 0 Å². The number of rotatable bonds is 2. The summed E-state index contributed by atoms with van der Waals surface area (Å²) in [6.45, 7) is 4.11. The highest BCUT2D eigenvalue weighted by Gasteiger charge is 2.33. The van der Waals surface area contributed by atoms with Gasteiger partial charge in [-0.2, -0.15) is 0 Å². The number of pyridine rings is 1. The zero-order valence-corrected chi connectivity index (χ0v) is 14.1. The molecule has 2 aliphatic heterocycles. The molecule has 0 radical (unpaired) electrons. The summed E-state index contributed by atoms with van der Waals surface area (Å²) >= 11 is 0. The van der Waals surface area contributed by atoms with E-state index >= 15 is 0 Å². The Morgan fingerprint density at radius 1 is 1.12 bits per heavy atom. The maximum Gasteiger partial charge on any atom is 0.409 e. The molecule has 130 valence electrons.